The number of H-pyrrole nitrogens is 1. The van der Waals surface area contributed by atoms with Crippen LogP contribution in [0.2, 0.25) is 0 Å². The topological polar surface area (TPSA) is 104 Å². The van der Waals surface area contributed by atoms with E-state index in [-0.39, 0.29) is 18.9 Å². The number of aromatic amines is 1. The predicted molar refractivity (Wildman–Crippen MR) is 114 cm³/mol. The number of fused-ring (bicyclic) bond motifs is 1. The van der Waals surface area contributed by atoms with Gasteiger partial charge in [-0.1, -0.05) is 6.58 Å². The van der Waals surface area contributed by atoms with Gasteiger partial charge in [-0.3, -0.25) is 9.48 Å². The summed E-state index contributed by atoms with van der Waals surface area (Å²) in [5, 5.41) is 11.4. The van der Waals surface area contributed by atoms with Crippen LogP contribution in [0.5, 0.6) is 0 Å². The Morgan fingerprint density at radius 1 is 1.47 bits per heavy atom. The highest BCUT2D eigenvalue weighted by molar-refractivity contribution is 5.92. The second-order valence-corrected chi connectivity index (χ2v) is 7.34. The van der Waals surface area contributed by atoms with Crippen LogP contribution in [-0.2, 0) is 11.3 Å². The summed E-state index contributed by atoms with van der Waals surface area (Å²) >= 11 is 0. The summed E-state index contributed by atoms with van der Waals surface area (Å²) in [6.07, 6.45) is 5.82. The van der Waals surface area contributed by atoms with E-state index in [2.05, 4.69) is 37.3 Å². The molecule has 158 valence electrons. The largest absolute Gasteiger partial charge is 0.362 e. The molecule has 10 heteroatoms. The Hall–Kier alpha value is -3.43. The van der Waals surface area contributed by atoms with Gasteiger partial charge in [0.25, 0.3) is 0 Å². The normalized spacial score (nSPS) is 19.1. The van der Waals surface area contributed by atoms with Crippen LogP contribution in [0.4, 0.5) is 21.8 Å². The molecular formula is C20H25FN8O. The number of carbonyl (C=O) groups excluding carboxylic acids is 1. The van der Waals surface area contributed by atoms with Crippen molar-refractivity contribution in [2.75, 3.05) is 23.7 Å². The van der Waals surface area contributed by atoms with Gasteiger partial charge in [-0.2, -0.15) is 15.1 Å². The van der Waals surface area contributed by atoms with E-state index in [0.29, 0.717) is 24.0 Å². The number of halogens is 1. The van der Waals surface area contributed by atoms with E-state index >= 15 is 0 Å². The molecule has 4 heterocycles. The van der Waals surface area contributed by atoms with E-state index in [4.69, 9.17) is 0 Å². The second-order valence-electron chi connectivity index (χ2n) is 7.34. The maximum atomic E-state index is 14.7. The monoisotopic (exact) mass is 412 g/mol. The number of anilines is 3. The summed E-state index contributed by atoms with van der Waals surface area (Å²) in [6.45, 7) is 8.83. The third-order valence-corrected chi connectivity index (χ3v) is 5.28. The van der Waals surface area contributed by atoms with Crippen LogP contribution >= 0.6 is 0 Å². The molecule has 30 heavy (non-hydrogen) atoms. The molecule has 0 bridgehead atoms. The minimum atomic E-state index is -1.10. The molecule has 3 aromatic heterocycles. The van der Waals surface area contributed by atoms with Crippen molar-refractivity contribution in [3.63, 3.8) is 0 Å². The number of nitrogens with one attached hydrogen (secondary N) is 3. The third-order valence-electron chi connectivity index (χ3n) is 5.28. The van der Waals surface area contributed by atoms with Gasteiger partial charge in [0.05, 0.1) is 23.3 Å². The molecule has 2 atom stereocenters. The van der Waals surface area contributed by atoms with E-state index in [9.17, 15) is 9.18 Å². The minimum Gasteiger partial charge on any atom is -0.362 e. The van der Waals surface area contributed by atoms with E-state index < -0.39 is 12.2 Å². The Morgan fingerprint density at radius 2 is 2.30 bits per heavy atom. The number of hydrogen-bond acceptors (Lipinski definition) is 6. The molecule has 0 saturated carbocycles. The van der Waals surface area contributed by atoms with Crippen LogP contribution in [0.15, 0.2) is 31.2 Å². The number of aromatic nitrogens is 5. The molecule has 0 spiro atoms. The van der Waals surface area contributed by atoms with Crippen molar-refractivity contribution < 1.29 is 9.18 Å². The molecule has 9 nitrogen and oxygen atoms in total. The van der Waals surface area contributed by atoms with Gasteiger partial charge in [-0.15, -0.1) is 0 Å². The molecular weight excluding hydrogens is 387 g/mol. The number of alkyl halides is 1. The maximum absolute atomic E-state index is 14.7. The maximum Gasteiger partial charge on any atom is 0.246 e. The van der Waals surface area contributed by atoms with E-state index in [1.807, 2.05) is 26.2 Å². The summed E-state index contributed by atoms with van der Waals surface area (Å²) in [7, 11) is 0. The quantitative estimate of drug-likeness (QED) is 0.538. The smallest absolute Gasteiger partial charge is 0.246 e. The number of aryl methyl sites for hydroxylation is 2. The molecule has 0 radical (unpaired) electrons. The zero-order valence-corrected chi connectivity index (χ0v) is 17.0. The van der Waals surface area contributed by atoms with Crippen LogP contribution in [-0.4, -0.2) is 60.8 Å². The predicted octanol–water partition coefficient (Wildman–Crippen LogP) is 2.76. The fourth-order valence-electron chi connectivity index (χ4n) is 3.64. The molecule has 1 aliphatic heterocycles. The van der Waals surface area contributed by atoms with Gasteiger partial charge in [0.15, 0.2) is 0 Å². The Balaban J connectivity index is 1.64. The molecule has 0 aliphatic carbocycles. The summed E-state index contributed by atoms with van der Waals surface area (Å²) in [4.78, 5) is 25.9. The first-order valence-corrected chi connectivity index (χ1v) is 9.95. The van der Waals surface area contributed by atoms with Crippen molar-refractivity contribution in [3.8, 4) is 0 Å². The molecule has 1 aliphatic rings. The highest BCUT2D eigenvalue weighted by atomic mass is 19.1. The zero-order chi connectivity index (χ0) is 21.3. The average molecular weight is 412 g/mol. The lowest BCUT2D eigenvalue weighted by atomic mass is 10.0. The van der Waals surface area contributed by atoms with Crippen LogP contribution in [0.1, 0.15) is 18.9 Å². The molecule has 3 aromatic rings. The fourth-order valence-corrected chi connectivity index (χ4v) is 3.64. The summed E-state index contributed by atoms with van der Waals surface area (Å²) in [5.41, 5.74) is 2.35. The van der Waals surface area contributed by atoms with Gasteiger partial charge in [0.2, 0.25) is 11.9 Å². The Kier molecular flexibility index (Phi) is 5.39. The summed E-state index contributed by atoms with van der Waals surface area (Å²) in [6, 6.07) is -0.578. The van der Waals surface area contributed by atoms with Crippen molar-refractivity contribution in [3.05, 3.63) is 36.8 Å². The lowest BCUT2D eigenvalue weighted by Crippen LogP contribution is -2.50. The molecule has 3 N–H and O–H groups in total. The van der Waals surface area contributed by atoms with Crippen LogP contribution in [0, 0.1) is 6.92 Å². The van der Waals surface area contributed by atoms with Crippen LogP contribution in [0.25, 0.3) is 11.0 Å². The lowest BCUT2D eigenvalue weighted by Gasteiger charge is -2.35. The number of carbonyl (C=O) groups is 1. The minimum absolute atomic E-state index is 0.199. The molecule has 4 rings (SSSR count). The van der Waals surface area contributed by atoms with Crippen molar-refractivity contribution in [1.82, 2.24) is 29.6 Å². The Labute approximate surface area is 173 Å². The molecule has 1 amide bonds. The highest BCUT2D eigenvalue weighted by Gasteiger charge is 2.31. The number of hydrogen-bond donors (Lipinski definition) is 3. The van der Waals surface area contributed by atoms with Crippen LogP contribution in [0.3, 0.4) is 0 Å². The second kappa shape index (κ2) is 8.13. The molecule has 1 saturated heterocycles. The average Bonchev–Trinajstić information content (AvgIpc) is 3.35. The van der Waals surface area contributed by atoms with Crippen molar-refractivity contribution >= 4 is 34.4 Å². The first-order chi connectivity index (χ1) is 14.5. The standard InChI is InChI=1S/C20H25FN8O/c1-4-16(30)28-7-6-14(21)15(11-28)25-19-17-12(3)8-22-18(17)26-20(27-19)24-13-9-23-29(5-2)10-13/h4,8-10,14-15H,1,5-7,11H2,2-3H3,(H3,22,24,25,26,27)/t14-,15+/m1/s1. The third kappa shape index (κ3) is 3.85. The summed E-state index contributed by atoms with van der Waals surface area (Å²) in [5.74, 6) is 0.687. The van der Waals surface area contributed by atoms with Gasteiger partial charge in [-0.25, -0.2) is 4.39 Å². The highest BCUT2D eigenvalue weighted by Crippen LogP contribution is 2.28. The number of amides is 1. The SMILES string of the molecule is C=CC(=O)N1CC[C@@H](F)[C@@H](Nc2nc(Nc3cnn(CC)c3)nc3[nH]cc(C)c23)C1. The van der Waals surface area contributed by atoms with Gasteiger partial charge >= 0.3 is 0 Å². The van der Waals surface area contributed by atoms with Gasteiger partial charge in [0, 0.05) is 32.0 Å². The molecule has 0 aromatic carbocycles. The fraction of sp³-hybridized carbons (Fsp3) is 0.400. The number of rotatable bonds is 6. The van der Waals surface area contributed by atoms with Gasteiger partial charge in [-0.05, 0) is 31.9 Å². The molecule has 0 unspecified atom stereocenters. The van der Waals surface area contributed by atoms with Crippen molar-refractivity contribution in [2.24, 2.45) is 0 Å². The van der Waals surface area contributed by atoms with E-state index in [0.717, 1.165) is 23.2 Å². The van der Waals surface area contributed by atoms with Gasteiger partial charge < -0.3 is 20.5 Å². The number of nitrogens with zero attached hydrogens (tertiary/aromatic N) is 5. The zero-order valence-electron chi connectivity index (χ0n) is 17.0. The first-order valence-electron chi connectivity index (χ1n) is 9.95. The molecule has 1 fully saturated rings. The number of likely N-dealkylation sites (tertiary alicyclic amines) is 1. The summed E-state index contributed by atoms with van der Waals surface area (Å²) < 4.78 is 16.5. The Morgan fingerprint density at radius 3 is 3.03 bits per heavy atom. The number of piperidine rings is 1. The Bertz CT molecular complexity index is 1070. The van der Waals surface area contributed by atoms with Crippen molar-refractivity contribution in [2.45, 2.75) is 39.0 Å². The first kappa shape index (κ1) is 19.9. The van der Waals surface area contributed by atoms with Gasteiger partial charge in [0.1, 0.15) is 17.6 Å². The van der Waals surface area contributed by atoms with E-state index in [1.54, 1.807) is 15.8 Å². The van der Waals surface area contributed by atoms with Crippen LogP contribution < -0.4 is 10.6 Å². The lowest BCUT2D eigenvalue weighted by molar-refractivity contribution is -0.127. The van der Waals surface area contributed by atoms with E-state index in [1.165, 1.54) is 6.08 Å². The van der Waals surface area contributed by atoms with Crippen molar-refractivity contribution in [1.29, 1.82) is 0 Å².